The molecule has 0 unspecified atom stereocenters. The maximum atomic E-state index is 13.6. The van der Waals surface area contributed by atoms with Gasteiger partial charge in [0.2, 0.25) is 0 Å². The van der Waals surface area contributed by atoms with E-state index in [0.717, 1.165) is 4.47 Å². The lowest BCUT2D eigenvalue weighted by molar-refractivity contribution is 0.631. The SMILES string of the molecule is Nc1cncc(Br)c1Nc1cc(Br)ccc1F. The van der Waals surface area contributed by atoms with E-state index in [0.29, 0.717) is 21.5 Å². The Morgan fingerprint density at radius 3 is 2.71 bits per heavy atom. The molecule has 0 radical (unpaired) electrons. The molecular weight excluding hydrogens is 353 g/mol. The molecule has 3 nitrogen and oxygen atoms in total. The van der Waals surface area contributed by atoms with Gasteiger partial charge in [0.25, 0.3) is 0 Å². The van der Waals surface area contributed by atoms with Gasteiger partial charge in [0, 0.05) is 10.7 Å². The number of hydrogen-bond donors (Lipinski definition) is 2. The monoisotopic (exact) mass is 359 g/mol. The zero-order valence-electron chi connectivity index (χ0n) is 8.55. The fourth-order valence-electron chi connectivity index (χ4n) is 1.31. The first-order valence-corrected chi connectivity index (χ1v) is 6.27. The number of hydrogen-bond acceptors (Lipinski definition) is 3. The number of rotatable bonds is 2. The van der Waals surface area contributed by atoms with Gasteiger partial charge in [0.05, 0.1) is 27.7 Å². The van der Waals surface area contributed by atoms with Gasteiger partial charge < -0.3 is 11.1 Å². The molecule has 0 fully saturated rings. The summed E-state index contributed by atoms with van der Waals surface area (Å²) in [5, 5.41) is 2.93. The second-order valence-corrected chi connectivity index (χ2v) is 5.10. The third-order valence-corrected chi connectivity index (χ3v) is 3.21. The zero-order valence-corrected chi connectivity index (χ0v) is 11.7. The van der Waals surface area contributed by atoms with Crippen molar-refractivity contribution in [2.45, 2.75) is 0 Å². The van der Waals surface area contributed by atoms with Crippen LogP contribution in [0.4, 0.5) is 21.5 Å². The Labute approximate surface area is 114 Å². The van der Waals surface area contributed by atoms with Crippen LogP contribution in [0, 0.1) is 5.82 Å². The maximum absolute atomic E-state index is 13.6. The van der Waals surface area contributed by atoms with Gasteiger partial charge >= 0.3 is 0 Å². The average molecular weight is 361 g/mol. The van der Waals surface area contributed by atoms with Crippen LogP contribution in [0.1, 0.15) is 0 Å². The average Bonchev–Trinajstić information content (AvgIpc) is 2.28. The highest BCUT2D eigenvalue weighted by Gasteiger charge is 2.08. The second kappa shape index (κ2) is 5.01. The number of nitrogens with one attached hydrogen (secondary N) is 1. The first-order valence-electron chi connectivity index (χ1n) is 4.69. The van der Waals surface area contributed by atoms with E-state index in [1.54, 1.807) is 18.3 Å². The summed E-state index contributed by atoms with van der Waals surface area (Å²) in [5.74, 6) is -0.351. The first kappa shape index (κ1) is 12.3. The van der Waals surface area contributed by atoms with Crippen LogP contribution in [-0.2, 0) is 0 Å². The number of nitrogen functional groups attached to an aromatic ring is 1. The number of nitrogens with two attached hydrogens (primary N) is 1. The van der Waals surface area contributed by atoms with Gasteiger partial charge in [-0.15, -0.1) is 0 Å². The van der Waals surface area contributed by atoms with Crippen molar-refractivity contribution < 1.29 is 4.39 Å². The fraction of sp³-hybridized carbons (Fsp3) is 0. The summed E-state index contributed by atoms with van der Waals surface area (Å²) in [4.78, 5) is 3.91. The predicted octanol–water partition coefficient (Wildman–Crippen LogP) is 4.07. The van der Waals surface area contributed by atoms with Gasteiger partial charge in [-0.05, 0) is 34.1 Å². The first-order chi connectivity index (χ1) is 8.08. The number of halogens is 3. The van der Waals surface area contributed by atoms with E-state index in [9.17, 15) is 4.39 Å². The normalized spacial score (nSPS) is 10.3. The highest BCUT2D eigenvalue weighted by Crippen LogP contribution is 2.32. The molecule has 0 aliphatic heterocycles. The van der Waals surface area contributed by atoms with Crippen LogP contribution in [0.25, 0.3) is 0 Å². The van der Waals surface area contributed by atoms with Crippen molar-refractivity contribution in [2.75, 3.05) is 11.1 Å². The molecule has 2 aromatic rings. The molecule has 0 saturated carbocycles. The van der Waals surface area contributed by atoms with Crippen molar-refractivity contribution in [3.8, 4) is 0 Å². The van der Waals surface area contributed by atoms with Crippen molar-refractivity contribution in [3.05, 3.63) is 45.4 Å². The van der Waals surface area contributed by atoms with Gasteiger partial charge in [0.1, 0.15) is 5.82 Å². The van der Waals surface area contributed by atoms with Crippen LogP contribution >= 0.6 is 31.9 Å². The summed E-state index contributed by atoms with van der Waals surface area (Å²) in [5.41, 5.74) is 7.15. The van der Waals surface area contributed by atoms with Gasteiger partial charge in [0.15, 0.2) is 0 Å². The van der Waals surface area contributed by atoms with E-state index >= 15 is 0 Å². The highest BCUT2D eigenvalue weighted by molar-refractivity contribution is 9.10. The van der Waals surface area contributed by atoms with E-state index in [-0.39, 0.29) is 5.82 Å². The van der Waals surface area contributed by atoms with Gasteiger partial charge in [-0.1, -0.05) is 15.9 Å². The molecule has 6 heteroatoms. The summed E-state index contributed by atoms with van der Waals surface area (Å²) >= 11 is 6.59. The van der Waals surface area contributed by atoms with E-state index in [2.05, 4.69) is 42.2 Å². The molecule has 2 rings (SSSR count). The third kappa shape index (κ3) is 2.76. The Hall–Kier alpha value is -1.14. The maximum Gasteiger partial charge on any atom is 0.146 e. The van der Waals surface area contributed by atoms with E-state index in [1.165, 1.54) is 12.3 Å². The van der Waals surface area contributed by atoms with Crippen LogP contribution in [-0.4, -0.2) is 4.98 Å². The summed E-state index contributed by atoms with van der Waals surface area (Å²) in [6.45, 7) is 0. The summed E-state index contributed by atoms with van der Waals surface area (Å²) in [6, 6.07) is 4.64. The van der Waals surface area contributed by atoms with Crippen molar-refractivity contribution in [3.63, 3.8) is 0 Å². The van der Waals surface area contributed by atoms with Gasteiger partial charge in [-0.25, -0.2) is 4.39 Å². The molecule has 0 amide bonds. The largest absolute Gasteiger partial charge is 0.396 e. The number of aromatic nitrogens is 1. The lowest BCUT2D eigenvalue weighted by Gasteiger charge is -2.11. The molecule has 88 valence electrons. The van der Waals surface area contributed by atoms with Crippen molar-refractivity contribution in [1.82, 2.24) is 4.98 Å². The quantitative estimate of drug-likeness (QED) is 0.848. The van der Waals surface area contributed by atoms with Crippen molar-refractivity contribution in [1.29, 1.82) is 0 Å². The van der Waals surface area contributed by atoms with Crippen molar-refractivity contribution in [2.24, 2.45) is 0 Å². The predicted molar refractivity (Wildman–Crippen MR) is 73.7 cm³/mol. The summed E-state index contributed by atoms with van der Waals surface area (Å²) < 4.78 is 15.0. The molecule has 1 heterocycles. The minimum Gasteiger partial charge on any atom is -0.396 e. The molecular formula is C11H8Br2FN3. The molecule has 0 aliphatic carbocycles. The Kier molecular flexibility index (Phi) is 3.63. The summed E-state index contributed by atoms with van der Waals surface area (Å²) in [7, 11) is 0. The highest BCUT2D eigenvalue weighted by atomic mass is 79.9. The Morgan fingerprint density at radius 2 is 2.00 bits per heavy atom. The molecule has 3 N–H and O–H groups in total. The number of benzene rings is 1. The van der Waals surface area contributed by atoms with E-state index in [4.69, 9.17) is 5.73 Å². The second-order valence-electron chi connectivity index (χ2n) is 3.33. The molecule has 0 bridgehead atoms. The molecule has 1 aromatic carbocycles. The van der Waals surface area contributed by atoms with Crippen LogP contribution in [0.3, 0.4) is 0 Å². The third-order valence-electron chi connectivity index (χ3n) is 2.12. The fourth-order valence-corrected chi connectivity index (χ4v) is 2.12. The standard InChI is InChI=1S/C11H8Br2FN3/c12-6-1-2-8(14)10(3-6)17-11-7(13)4-16-5-9(11)15/h1-5H,15H2,(H,16,17). The molecule has 0 saturated heterocycles. The summed E-state index contributed by atoms with van der Waals surface area (Å²) in [6.07, 6.45) is 3.09. The Bertz CT molecular complexity index is 540. The van der Waals surface area contributed by atoms with E-state index in [1.807, 2.05) is 0 Å². The number of anilines is 3. The number of nitrogens with zero attached hydrogens (tertiary/aromatic N) is 1. The lowest BCUT2D eigenvalue weighted by Crippen LogP contribution is -2.00. The van der Waals surface area contributed by atoms with Crippen LogP contribution < -0.4 is 11.1 Å². The molecule has 0 spiro atoms. The van der Waals surface area contributed by atoms with E-state index < -0.39 is 0 Å². The van der Waals surface area contributed by atoms with Crippen LogP contribution in [0.15, 0.2) is 39.5 Å². The Morgan fingerprint density at radius 1 is 1.24 bits per heavy atom. The lowest BCUT2D eigenvalue weighted by atomic mass is 10.2. The molecule has 17 heavy (non-hydrogen) atoms. The topological polar surface area (TPSA) is 50.9 Å². The van der Waals surface area contributed by atoms with Crippen LogP contribution in [0.2, 0.25) is 0 Å². The minimum absolute atomic E-state index is 0.345. The molecule has 0 aliphatic rings. The molecule has 1 aromatic heterocycles. The van der Waals surface area contributed by atoms with Crippen LogP contribution in [0.5, 0.6) is 0 Å². The van der Waals surface area contributed by atoms with Gasteiger partial charge in [-0.3, -0.25) is 4.98 Å². The molecule has 0 atom stereocenters. The van der Waals surface area contributed by atoms with Crippen molar-refractivity contribution >= 4 is 48.9 Å². The minimum atomic E-state index is -0.351. The smallest absolute Gasteiger partial charge is 0.146 e. The van der Waals surface area contributed by atoms with Gasteiger partial charge in [-0.2, -0.15) is 0 Å². The number of pyridine rings is 1. The Balaban J connectivity index is 2.41. The zero-order chi connectivity index (χ0) is 12.4.